The van der Waals surface area contributed by atoms with E-state index in [0.29, 0.717) is 0 Å². The molecular weight excluding hydrogens is 220 g/mol. The lowest BCUT2D eigenvalue weighted by molar-refractivity contribution is -0.118. The Morgan fingerprint density at radius 3 is 2.08 bits per heavy atom. The molecule has 0 aliphatic heterocycles. The average molecular weight is 231 g/mol. The first-order valence-electron chi connectivity index (χ1n) is 3.22. The summed E-state index contributed by atoms with van der Waals surface area (Å²) < 4.78 is 21.3. The first-order valence-corrected chi connectivity index (χ1v) is 7.05. The maximum Gasteiger partial charge on any atom is 0.335 e. The van der Waals surface area contributed by atoms with Gasteiger partial charge in [-0.1, -0.05) is 0 Å². The topological polar surface area (TPSA) is 124 Å². The van der Waals surface area contributed by atoms with Crippen molar-refractivity contribution in [2.24, 2.45) is 0 Å². The van der Waals surface area contributed by atoms with E-state index in [-0.39, 0.29) is 0 Å². The Hall–Kier alpha value is -0.190. The second-order valence-electron chi connectivity index (χ2n) is 2.54. The van der Waals surface area contributed by atoms with E-state index in [1.54, 1.807) is 0 Å². The van der Waals surface area contributed by atoms with Gasteiger partial charge in [-0.2, -0.15) is 0 Å². The molecule has 1 unspecified atom stereocenters. The summed E-state index contributed by atoms with van der Waals surface area (Å²) in [4.78, 5) is 36.0. The van der Waals surface area contributed by atoms with Crippen molar-refractivity contribution in [3.05, 3.63) is 0 Å². The highest BCUT2D eigenvalue weighted by Gasteiger charge is 2.29. The van der Waals surface area contributed by atoms with Gasteiger partial charge in [-0.15, -0.1) is 0 Å². The van der Waals surface area contributed by atoms with Gasteiger partial charge in [-0.05, 0) is 0 Å². The maximum absolute atomic E-state index is 11.0. The largest absolute Gasteiger partial charge is 0.347 e. The van der Waals surface area contributed by atoms with Gasteiger partial charge in [-0.3, -0.25) is 13.9 Å². The molecule has 0 bridgehead atoms. The lowest BCUT2D eigenvalue weighted by atomic mass is 10.7. The van der Waals surface area contributed by atoms with Crippen LogP contribution in [0, 0.1) is 0 Å². The fourth-order valence-electron chi connectivity index (χ4n) is 0.573. The van der Waals surface area contributed by atoms with Crippen molar-refractivity contribution in [3.8, 4) is 0 Å². The van der Waals surface area contributed by atoms with Gasteiger partial charge in [0.25, 0.3) is 0 Å². The van der Waals surface area contributed by atoms with Crippen molar-refractivity contribution in [2.75, 3.05) is 12.2 Å². The van der Waals surface area contributed by atoms with E-state index in [4.69, 9.17) is 14.7 Å². The summed E-state index contributed by atoms with van der Waals surface area (Å²) in [7, 11) is -8.47. The Balaban J connectivity index is 4.18. The Morgan fingerprint density at radius 1 is 1.31 bits per heavy atom. The Morgan fingerprint density at radius 2 is 1.77 bits per heavy atom. The minimum Gasteiger partial charge on any atom is -0.347 e. The molecule has 0 rings (SSSR count). The van der Waals surface area contributed by atoms with E-state index in [1.807, 2.05) is 5.32 Å². The highest BCUT2D eigenvalue weighted by Crippen LogP contribution is 2.53. The molecule has 7 nitrogen and oxygen atoms in total. The van der Waals surface area contributed by atoms with Crippen molar-refractivity contribution in [1.82, 2.24) is 5.32 Å². The molecule has 0 aromatic heterocycles. The van der Waals surface area contributed by atoms with Crippen LogP contribution in [0.1, 0.15) is 6.92 Å². The summed E-state index contributed by atoms with van der Waals surface area (Å²) in [6.07, 6.45) is -0.618. The second-order valence-corrected chi connectivity index (χ2v) is 7.01. The molecule has 0 saturated carbocycles. The van der Waals surface area contributed by atoms with Gasteiger partial charge >= 0.3 is 7.60 Å². The number of carbonyl (C=O) groups excluding carboxylic acids is 1. The van der Waals surface area contributed by atoms with Crippen LogP contribution in [0.3, 0.4) is 0 Å². The number of hydrogen-bond donors (Lipinski definition) is 4. The minimum atomic E-state index is -4.51. The third kappa shape index (κ3) is 8.15. The molecule has 0 radical (unpaired) electrons. The fraction of sp³-hybridized carbons (Fsp3) is 0.750. The quantitative estimate of drug-likeness (QED) is 0.483. The number of amides is 1. The molecule has 1 atom stereocenters. The number of rotatable bonds is 4. The first-order chi connectivity index (χ1) is 5.62. The molecule has 0 spiro atoms. The van der Waals surface area contributed by atoms with Crippen LogP contribution < -0.4 is 5.32 Å². The summed E-state index contributed by atoms with van der Waals surface area (Å²) in [5, 5.41) is 2.01. The van der Waals surface area contributed by atoms with Gasteiger partial charge in [0.1, 0.15) is 5.90 Å². The summed E-state index contributed by atoms with van der Waals surface area (Å²) in [5.74, 6) is -1.64. The smallest absolute Gasteiger partial charge is 0.335 e. The standard InChI is InChI=1S/C4H11NO6P2/c1-4(6)5-2-12(7,8)3-13(9,10)11/h2-3H2,1H3,(H,5,6)(H,7,8)(H2,9,10,11). The minimum absolute atomic E-state index is 0.528. The zero-order valence-corrected chi connectivity index (χ0v) is 8.66. The van der Waals surface area contributed by atoms with E-state index in [2.05, 4.69) is 0 Å². The van der Waals surface area contributed by atoms with Crippen LogP contribution in [0.5, 0.6) is 0 Å². The van der Waals surface area contributed by atoms with Gasteiger partial charge < -0.3 is 20.0 Å². The van der Waals surface area contributed by atoms with Gasteiger partial charge in [-0.25, -0.2) is 0 Å². The van der Waals surface area contributed by atoms with Crippen LogP contribution >= 0.6 is 15.0 Å². The van der Waals surface area contributed by atoms with Crippen LogP contribution in [-0.4, -0.2) is 32.8 Å². The van der Waals surface area contributed by atoms with Gasteiger partial charge in [0, 0.05) is 6.92 Å². The van der Waals surface area contributed by atoms with Crippen LogP contribution in [-0.2, 0) is 13.9 Å². The molecule has 0 aromatic rings. The molecule has 0 saturated heterocycles. The van der Waals surface area contributed by atoms with E-state index < -0.39 is 33.1 Å². The maximum atomic E-state index is 11.0. The first kappa shape index (κ1) is 12.8. The van der Waals surface area contributed by atoms with E-state index in [9.17, 15) is 13.9 Å². The third-order valence-electron chi connectivity index (χ3n) is 0.980. The van der Waals surface area contributed by atoms with E-state index >= 15 is 0 Å². The molecule has 78 valence electrons. The second kappa shape index (κ2) is 4.35. The van der Waals surface area contributed by atoms with Crippen molar-refractivity contribution >= 4 is 20.9 Å². The van der Waals surface area contributed by atoms with Crippen LogP contribution in [0.15, 0.2) is 0 Å². The predicted octanol–water partition coefficient (Wildman–Crippen LogP) is -0.514. The Kier molecular flexibility index (Phi) is 4.29. The summed E-state index contributed by atoms with van der Waals surface area (Å²) in [5.41, 5.74) is 0. The number of nitrogens with one attached hydrogen (secondary N) is 1. The Labute approximate surface area is 74.8 Å². The molecule has 0 aromatic carbocycles. The van der Waals surface area contributed by atoms with Crippen LogP contribution in [0.25, 0.3) is 0 Å². The lowest BCUT2D eigenvalue weighted by Gasteiger charge is -2.12. The van der Waals surface area contributed by atoms with Gasteiger partial charge in [0.05, 0.1) is 6.29 Å². The highest BCUT2D eigenvalue weighted by molar-refractivity contribution is 7.72. The monoisotopic (exact) mass is 231 g/mol. The highest BCUT2D eigenvalue weighted by atomic mass is 31.2. The lowest BCUT2D eigenvalue weighted by Crippen LogP contribution is -2.21. The molecule has 0 fully saturated rings. The van der Waals surface area contributed by atoms with Crippen molar-refractivity contribution in [3.63, 3.8) is 0 Å². The predicted molar refractivity (Wildman–Crippen MR) is 45.4 cm³/mol. The van der Waals surface area contributed by atoms with Gasteiger partial charge in [0.15, 0.2) is 0 Å². The molecular formula is C4H11NO6P2. The van der Waals surface area contributed by atoms with E-state index in [0.717, 1.165) is 6.92 Å². The summed E-state index contributed by atoms with van der Waals surface area (Å²) in [6, 6.07) is 0. The average Bonchev–Trinajstić information content (AvgIpc) is 1.78. The molecule has 0 aliphatic rings. The zero-order valence-electron chi connectivity index (χ0n) is 6.88. The SMILES string of the molecule is CC(=O)NCP(=O)(O)CP(=O)(O)O. The third-order valence-corrected chi connectivity index (χ3v) is 4.87. The van der Waals surface area contributed by atoms with Crippen LogP contribution in [0.4, 0.5) is 0 Å². The molecule has 4 N–H and O–H groups in total. The van der Waals surface area contributed by atoms with Crippen LogP contribution in [0.2, 0.25) is 0 Å². The molecule has 13 heavy (non-hydrogen) atoms. The number of carbonyl (C=O) groups is 1. The summed E-state index contributed by atoms with van der Waals surface area (Å²) >= 11 is 0. The Bertz CT molecular complexity index is 282. The van der Waals surface area contributed by atoms with Crippen molar-refractivity contribution in [2.45, 2.75) is 6.92 Å². The zero-order chi connectivity index (χ0) is 10.7. The van der Waals surface area contributed by atoms with E-state index in [1.165, 1.54) is 0 Å². The number of hydrogen-bond acceptors (Lipinski definition) is 3. The fourth-order valence-corrected chi connectivity index (χ4v) is 3.75. The van der Waals surface area contributed by atoms with Gasteiger partial charge in [0.2, 0.25) is 13.3 Å². The molecule has 9 heteroatoms. The van der Waals surface area contributed by atoms with Crippen molar-refractivity contribution < 1.29 is 28.6 Å². The van der Waals surface area contributed by atoms with Crippen molar-refractivity contribution in [1.29, 1.82) is 0 Å². The summed E-state index contributed by atoms with van der Waals surface area (Å²) in [6.45, 7) is 1.14. The molecule has 1 amide bonds. The molecule has 0 aliphatic carbocycles. The normalized spacial score (nSPS) is 16.3. The molecule has 0 heterocycles.